The van der Waals surface area contributed by atoms with Gasteiger partial charge in [0.25, 0.3) is 10.0 Å². The molecule has 1 aliphatic rings. The Bertz CT molecular complexity index is 816. The zero-order valence-corrected chi connectivity index (χ0v) is 16.1. The Labute approximate surface area is 153 Å². The third kappa shape index (κ3) is 4.34. The van der Waals surface area contributed by atoms with Crippen LogP contribution < -0.4 is 9.47 Å². The normalized spacial score (nSPS) is 18.9. The number of aryl methyl sites for hydroxylation is 1. The van der Waals surface area contributed by atoms with Crippen LogP contribution in [0.5, 0.6) is 11.5 Å². The molecular weight excluding hydrogens is 358 g/mol. The number of sulfonamides is 1. The van der Waals surface area contributed by atoms with Gasteiger partial charge >= 0.3 is 0 Å². The maximum absolute atomic E-state index is 12.8. The van der Waals surface area contributed by atoms with E-state index in [1.54, 1.807) is 17.5 Å². The minimum atomic E-state index is -3.39. The Morgan fingerprint density at radius 3 is 2.80 bits per heavy atom. The van der Waals surface area contributed by atoms with Gasteiger partial charge in [-0.05, 0) is 48.9 Å². The zero-order chi connectivity index (χ0) is 17.9. The Morgan fingerprint density at radius 2 is 2.08 bits per heavy atom. The van der Waals surface area contributed by atoms with Gasteiger partial charge in [-0.2, -0.15) is 4.31 Å². The monoisotopic (exact) mass is 381 g/mol. The number of piperidine rings is 1. The topological polar surface area (TPSA) is 55.8 Å². The van der Waals surface area contributed by atoms with Gasteiger partial charge in [0.2, 0.25) is 0 Å². The summed E-state index contributed by atoms with van der Waals surface area (Å²) in [5, 5.41) is 1.88. The highest BCUT2D eigenvalue weighted by Crippen LogP contribution is 2.28. The lowest BCUT2D eigenvalue weighted by molar-refractivity contribution is 0.180. The van der Waals surface area contributed by atoms with Gasteiger partial charge in [0, 0.05) is 25.1 Å². The van der Waals surface area contributed by atoms with Gasteiger partial charge in [-0.15, -0.1) is 11.3 Å². The fraction of sp³-hybridized carbons (Fsp3) is 0.444. The van der Waals surface area contributed by atoms with Crippen molar-refractivity contribution in [2.75, 3.05) is 26.8 Å². The van der Waals surface area contributed by atoms with Crippen LogP contribution in [0.3, 0.4) is 0 Å². The Balaban J connectivity index is 1.63. The van der Waals surface area contributed by atoms with Gasteiger partial charge in [0.15, 0.2) is 0 Å². The van der Waals surface area contributed by atoms with Crippen molar-refractivity contribution in [1.29, 1.82) is 0 Å². The van der Waals surface area contributed by atoms with E-state index in [1.807, 2.05) is 36.6 Å². The molecule has 2 aromatic rings. The minimum absolute atomic E-state index is 0.191. The number of hydrogen-bond donors (Lipinski definition) is 0. The van der Waals surface area contributed by atoms with E-state index < -0.39 is 10.0 Å². The van der Waals surface area contributed by atoms with Gasteiger partial charge < -0.3 is 9.47 Å². The second-order valence-corrected chi connectivity index (χ2v) is 9.38. The molecule has 0 N–H and O–H groups in total. The molecule has 25 heavy (non-hydrogen) atoms. The molecule has 1 saturated heterocycles. The highest BCUT2D eigenvalue weighted by molar-refractivity contribution is 7.91. The summed E-state index contributed by atoms with van der Waals surface area (Å²) in [5.74, 6) is 1.68. The third-order valence-corrected chi connectivity index (χ3v) is 7.71. The largest absolute Gasteiger partial charge is 0.497 e. The molecule has 1 aromatic heterocycles. The number of nitrogens with zero attached hydrogens (tertiary/aromatic N) is 1. The Kier molecular flexibility index (Phi) is 5.66. The first-order chi connectivity index (χ1) is 12.0. The molecule has 1 unspecified atom stereocenters. The van der Waals surface area contributed by atoms with E-state index in [-0.39, 0.29) is 5.92 Å². The van der Waals surface area contributed by atoms with Crippen LogP contribution in [0.1, 0.15) is 18.4 Å². The summed E-state index contributed by atoms with van der Waals surface area (Å²) in [5.41, 5.74) is 0.985. The van der Waals surface area contributed by atoms with E-state index in [4.69, 9.17) is 9.47 Å². The van der Waals surface area contributed by atoms with Crippen LogP contribution >= 0.6 is 11.3 Å². The van der Waals surface area contributed by atoms with Gasteiger partial charge in [-0.25, -0.2) is 8.42 Å². The van der Waals surface area contributed by atoms with Gasteiger partial charge in [-0.3, -0.25) is 0 Å². The predicted octanol–water partition coefficient (Wildman–Crippen LogP) is 3.54. The molecule has 1 fully saturated rings. The van der Waals surface area contributed by atoms with Crippen molar-refractivity contribution in [2.45, 2.75) is 24.0 Å². The van der Waals surface area contributed by atoms with Crippen LogP contribution in [0.15, 0.2) is 39.9 Å². The molecule has 136 valence electrons. The third-order valence-electron chi connectivity index (χ3n) is 4.31. The van der Waals surface area contributed by atoms with Gasteiger partial charge in [0.05, 0.1) is 13.7 Å². The number of benzene rings is 1. The van der Waals surface area contributed by atoms with E-state index >= 15 is 0 Å². The molecule has 0 spiro atoms. The lowest BCUT2D eigenvalue weighted by Crippen LogP contribution is -2.41. The van der Waals surface area contributed by atoms with Crippen LogP contribution in [0.2, 0.25) is 0 Å². The molecule has 0 saturated carbocycles. The second kappa shape index (κ2) is 7.76. The molecule has 0 amide bonds. The number of thiophene rings is 1. The average Bonchev–Trinajstić information content (AvgIpc) is 3.08. The van der Waals surface area contributed by atoms with Crippen LogP contribution in [0, 0.1) is 12.8 Å². The SMILES string of the molecule is COc1cccc(OCC2CCCN(S(=O)(=O)c3cc(C)cs3)C2)c1. The molecule has 2 heterocycles. The first-order valence-corrected chi connectivity index (χ1v) is 10.6. The lowest BCUT2D eigenvalue weighted by atomic mass is 10.0. The fourth-order valence-electron chi connectivity index (χ4n) is 2.95. The number of rotatable bonds is 6. The van der Waals surface area contributed by atoms with Crippen molar-refractivity contribution >= 4 is 21.4 Å². The molecule has 5 nitrogen and oxygen atoms in total. The van der Waals surface area contributed by atoms with E-state index in [9.17, 15) is 8.42 Å². The summed E-state index contributed by atoms with van der Waals surface area (Å²) < 4.78 is 38.6. The van der Waals surface area contributed by atoms with Crippen LogP contribution in [-0.4, -0.2) is 39.5 Å². The Hall–Kier alpha value is -1.57. The highest BCUT2D eigenvalue weighted by Gasteiger charge is 2.31. The average molecular weight is 382 g/mol. The maximum atomic E-state index is 12.8. The summed E-state index contributed by atoms with van der Waals surface area (Å²) >= 11 is 1.29. The quantitative estimate of drug-likeness (QED) is 0.768. The summed E-state index contributed by atoms with van der Waals surface area (Å²) in [6, 6.07) is 9.21. The summed E-state index contributed by atoms with van der Waals surface area (Å²) in [6.45, 7) is 3.50. The standard InChI is InChI=1S/C18H23NO4S2/c1-14-9-18(24-13-14)25(20,21)19-8-4-5-15(11-19)12-23-17-7-3-6-16(10-17)22-2/h3,6-7,9-10,13,15H,4-5,8,11-12H2,1-2H3. The van der Waals surface area contributed by atoms with Crippen molar-refractivity contribution in [1.82, 2.24) is 4.31 Å². The fourth-order valence-corrected chi connectivity index (χ4v) is 5.89. The van der Waals surface area contributed by atoms with Crippen LogP contribution in [-0.2, 0) is 10.0 Å². The van der Waals surface area contributed by atoms with Crippen molar-refractivity contribution in [3.63, 3.8) is 0 Å². The van der Waals surface area contributed by atoms with Crippen LogP contribution in [0.25, 0.3) is 0 Å². The Morgan fingerprint density at radius 1 is 1.28 bits per heavy atom. The molecule has 1 atom stereocenters. The lowest BCUT2D eigenvalue weighted by Gasteiger charge is -2.31. The number of hydrogen-bond acceptors (Lipinski definition) is 5. The minimum Gasteiger partial charge on any atom is -0.497 e. The number of methoxy groups -OCH3 is 1. The molecular formula is C18H23NO4S2. The van der Waals surface area contributed by atoms with Crippen molar-refractivity contribution in [2.24, 2.45) is 5.92 Å². The summed E-state index contributed by atoms with van der Waals surface area (Å²) in [7, 11) is -1.77. The van der Waals surface area contributed by atoms with Crippen molar-refractivity contribution in [3.05, 3.63) is 41.3 Å². The smallest absolute Gasteiger partial charge is 0.252 e. The molecule has 1 aromatic carbocycles. The van der Waals surface area contributed by atoms with E-state index in [0.717, 1.165) is 29.9 Å². The predicted molar refractivity (Wildman–Crippen MR) is 99.0 cm³/mol. The first-order valence-electron chi connectivity index (χ1n) is 8.31. The highest BCUT2D eigenvalue weighted by atomic mass is 32.2. The molecule has 0 bridgehead atoms. The second-order valence-electron chi connectivity index (χ2n) is 6.30. The van der Waals surface area contributed by atoms with Gasteiger partial charge in [-0.1, -0.05) is 6.07 Å². The molecule has 0 radical (unpaired) electrons. The first kappa shape index (κ1) is 18.2. The van der Waals surface area contributed by atoms with E-state index in [1.165, 1.54) is 11.3 Å². The molecule has 0 aliphatic carbocycles. The number of ether oxygens (including phenoxy) is 2. The van der Waals surface area contributed by atoms with E-state index in [0.29, 0.717) is 23.9 Å². The van der Waals surface area contributed by atoms with Crippen LogP contribution in [0.4, 0.5) is 0 Å². The zero-order valence-electron chi connectivity index (χ0n) is 14.5. The molecule has 7 heteroatoms. The molecule has 3 rings (SSSR count). The van der Waals surface area contributed by atoms with E-state index in [2.05, 4.69) is 0 Å². The van der Waals surface area contributed by atoms with Crippen molar-refractivity contribution in [3.8, 4) is 11.5 Å². The van der Waals surface area contributed by atoms with Gasteiger partial charge in [0.1, 0.15) is 15.7 Å². The molecule has 1 aliphatic heterocycles. The van der Waals surface area contributed by atoms with Crippen molar-refractivity contribution < 1.29 is 17.9 Å². The summed E-state index contributed by atoms with van der Waals surface area (Å²) in [6.07, 6.45) is 1.83. The maximum Gasteiger partial charge on any atom is 0.252 e. The summed E-state index contributed by atoms with van der Waals surface area (Å²) in [4.78, 5) is 0.